The van der Waals surface area contributed by atoms with Gasteiger partial charge in [0.15, 0.2) is 0 Å². The molecule has 0 aromatic rings. The molecule has 0 radical (unpaired) electrons. The quantitative estimate of drug-likeness (QED) is 0.619. The molecule has 1 rings (SSSR count). The lowest BCUT2D eigenvalue weighted by molar-refractivity contribution is -0.137. The summed E-state index contributed by atoms with van der Waals surface area (Å²) in [5, 5.41) is 14.8. The van der Waals surface area contributed by atoms with Gasteiger partial charge in [0.2, 0.25) is 0 Å². The van der Waals surface area contributed by atoms with Crippen molar-refractivity contribution in [3.63, 3.8) is 0 Å². The largest absolute Gasteiger partial charge is 0.481 e. The topological polar surface area (TPSA) is 78.4 Å². The summed E-state index contributed by atoms with van der Waals surface area (Å²) in [6.07, 6.45) is 6.95. The van der Waals surface area contributed by atoms with Crippen LogP contribution >= 0.6 is 11.8 Å². The third-order valence-electron chi connectivity index (χ3n) is 3.17. The Morgan fingerprint density at radius 2 is 2.11 bits per heavy atom. The minimum absolute atomic E-state index is 0.128. The van der Waals surface area contributed by atoms with Gasteiger partial charge in [0.1, 0.15) is 0 Å². The Bertz CT molecular complexity index is 286. The molecule has 0 aromatic carbocycles. The fourth-order valence-electron chi connectivity index (χ4n) is 2.20. The average molecular weight is 274 g/mol. The van der Waals surface area contributed by atoms with Crippen LogP contribution in [0, 0.1) is 0 Å². The molecule has 3 N–H and O–H groups in total. The second-order valence-electron chi connectivity index (χ2n) is 4.56. The number of carboxylic acid groups (broad SMARTS) is 1. The number of hydrogen-bond donors (Lipinski definition) is 3. The van der Waals surface area contributed by atoms with Gasteiger partial charge in [-0.3, -0.25) is 4.79 Å². The Morgan fingerprint density at radius 3 is 2.78 bits per heavy atom. The smallest absolute Gasteiger partial charge is 0.315 e. The predicted molar refractivity (Wildman–Crippen MR) is 73.0 cm³/mol. The molecule has 0 bridgehead atoms. The summed E-state index contributed by atoms with van der Waals surface area (Å²) < 4.78 is 0. The van der Waals surface area contributed by atoms with Crippen LogP contribution in [0.25, 0.3) is 0 Å². The predicted octanol–water partition coefficient (Wildman–Crippen LogP) is 1.82. The lowest BCUT2D eigenvalue weighted by Gasteiger charge is -2.19. The number of carboxylic acids is 1. The zero-order valence-electron chi connectivity index (χ0n) is 10.8. The Balaban J connectivity index is 2.08. The number of thioether (sulfide) groups is 1. The molecule has 6 heteroatoms. The molecule has 0 saturated heterocycles. The number of unbranched alkanes of at least 4 members (excludes halogenated alkanes) is 1. The molecule has 104 valence electrons. The standard InChI is InChI=1S/C12H22N2O3S/c1-18-10-6-4-5-9(10)14-12(17)13-8-3-2-7-11(15)16/h9-10H,2-8H2,1H3,(H,15,16)(H2,13,14,17). The van der Waals surface area contributed by atoms with Crippen molar-refractivity contribution >= 4 is 23.8 Å². The summed E-state index contributed by atoms with van der Waals surface area (Å²) in [4.78, 5) is 21.9. The zero-order chi connectivity index (χ0) is 13.4. The van der Waals surface area contributed by atoms with E-state index in [1.165, 1.54) is 12.8 Å². The van der Waals surface area contributed by atoms with Crippen molar-refractivity contribution in [2.45, 2.75) is 49.8 Å². The lowest BCUT2D eigenvalue weighted by Crippen LogP contribution is -2.44. The first-order chi connectivity index (χ1) is 8.63. The number of nitrogens with one attached hydrogen (secondary N) is 2. The van der Waals surface area contributed by atoms with E-state index in [0.717, 1.165) is 6.42 Å². The highest BCUT2D eigenvalue weighted by Crippen LogP contribution is 2.28. The average Bonchev–Trinajstić information content (AvgIpc) is 2.75. The van der Waals surface area contributed by atoms with Gasteiger partial charge in [-0.15, -0.1) is 0 Å². The van der Waals surface area contributed by atoms with Crippen molar-refractivity contribution in [2.75, 3.05) is 12.8 Å². The van der Waals surface area contributed by atoms with Gasteiger partial charge in [-0.2, -0.15) is 11.8 Å². The Hall–Kier alpha value is -0.910. The molecular formula is C12H22N2O3S. The normalized spacial score (nSPS) is 22.7. The molecule has 0 spiro atoms. The third-order valence-corrected chi connectivity index (χ3v) is 4.34. The summed E-state index contributed by atoms with van der Waals surface area (Å²) in [7, 11) is 0. The molecular weight excluding hydrogens is 252 g/mol. The van der Waals surface area contributed by atoms with Crippen molar-refractivity contribution in [1.82, 2.24) is 10.6 Å². The van der Waals surface area contributed by atoms with Crippen LogP contribution in [0.3, 0.4) is 0 Å². The van der Waals surface area contributed by atoms with E-state index in [9.17, 15) is 9.59 Å². The van der Waals surface area contributed by atoms with Crippen molar-refractivity contribution in [3.05, 3.63) is 0 Å². The molecule has 0 aromatic heterocycles. The molecule has 0 aliphatic heterocycles. The van der Waals surface area contributed by atoms with E-state index in [0.29, 0.717) is 24.6 Å². The molecule has 2 amide bonds. The third kappa shape index (κ3) is 5.62. The van der Waals surface area contributed by atoms with Crippen LogP contribution in [0.15, 0.2) is 0 Å². The van der Waals surface area contributed by atoms with Crippen molar-refractivity contribution in [1.29, 1.82) is 0 Å². The Morgan fingerprint density at radius 1 is 1.33 bits per heavy atom. The molecule has 1 fully saturated rings. The summed E-state index contributed by atoms with van der Waals surface area (Å²) in [5.41, 5.74) is 0. The van der Waals surface area contributed by atoms with Crippen LogP contribution in [0.5, 0.6) is 0 Å². The van der Waals surface area contributed by atoms with Crippen molar-refractivity contribution < 1.29 is 14.7 Å². The van der Waals surface area contributed by atoms with Gasteiger partial charge in [-0.1, -0.05) is 6.42 Å². The molecule has 2 atom stereocenters. The van der Waals surface area contributed by atoms with E-state index in [1.54, 1.807) is 0 Å². The number of rotatable bonds is 7. The number of hydrogen-bond acceptors (Lipinski definition) is 3. The summed E-state index contributed by atoms with van der Waals surface area (Å²) >= 11 is 1.81. The van der Waals surface area contributed by atoms with Gasteiger partial charge >= 0.3 is 12.0 Å². The summed E-state index contributed by atoms with van der Waals surface area (Å²) in [6, 6.07) is 0.148. The number of amides is 2. The van der Waals surface area contributed by atoms with E-state index < -0.39 is 5.97 Å². The first kappa shape index (κ1) is 15.1. The highest BCUT2D eigenvalue weighted by molar-refractivity contribution is 7.99. The lowest BCUT2D eigenvalue weighted by atomic mass is 10.2. The maximum Gasteiger partial charge on any atom is 0.315 e. The first-order valence-electron chi connectivity index (χ1n) is 6.42. The fourth-order valence-corrected chi connectivity index (χ4v) is 3.13. The van der Waals surface area contributed by atoms with Gasteiger partial charge in [0.05, 0.1) is 0 Å². The Labute approximate surface area is 112 Å². The number of carbonyl (C=O) groups is 2. The van der Waals surface area contributed by atoms with E-state index in [-0.39, 0.29) is 18.5 Å². The molecule has 1 aliphatic rings. The van der Waals surface area contributed by atoms with Gasteiger partial charge in [-0.25, -0.2) is 4.79 Å². The van der Waals surface area contributed by atoms with E-state index in [1.807, 2.05) is 11.8 Å². The highest BCUT2D eigenvalue weighted by Gasteiger charge is 2.27. The summed E-state index contributed by atoms with van der Waals surface area (Å²) in [6.45, 7) is 0.537. The number of carbonyl (C=O) groups excluding carboxylic acids is 1. The maximum atomic E-state index is 11.6. The van der Waals surface area contributed by atoms with Gasteiger partial charge in [0.25, 0.3) is 0 Å². The first-order valence-corrected chi connectivity index (χ1v) is 7.71. The van der Waals surface area contributed by atoms with Crippen LogP contribution < -0.4 is 10.6 Å². The highest BCUT2D eigenvalue weighted by atomic mass is 32.2. The van der Waals surface area contributed by atoms with E-state index >= 15 is 0 Å². The SMILES string of the molecule is CSC1CCCC1NC(=O)NCCCCC(=O)O. The molecule has 18 heavy (non-hydrogen) atoms. The number of aliphatic carboxylic acids is 1. The monoisotopic (exact) mass is 274 g/mol. The number of urea groups is 1. The van der Waals surface area contributed by atoms with Crippen molar-refractivity contribution in [2.24, 2.45) is 0 Å². The zero-order valence-corrected chi connectivity index (χ0v) is 11.6. The Kier molecular flexibility index (Phi) is 6.93. The van der Waals surface area contributed by atoms with E-state index in [2.05, 4.69) is 16.9 Å². The van der Waals surface area contributed by atoms with Gasteiger partial charge in [-0.05, 0) is 31.9 Å². The van der Waals surface area contributed by atoms with Crippen LogP contribution in [-0.2, 0) is 4.79 Å². The second kappa shape index (κ2) is 8.24. The van der Waals surface area contributed by atoms with Crippen LogP contribution in [0.1, 0.15) is 38.5 Å². The fraction of sp³-hybridized carbons (Fsp3) is 0.833. The second-order valence-corrected chi connectivity index (χ2v) is 5.64. The van der Waals surface area contributed by atoms with Crippen molar-refractivity contribution in [3.8, 4) is 0 Å². The van der Waals surface area contributed by atoms with Gasteiger partial charge in [0, 0.05) is 24.3 Å². The summed E-state index contributed by atoms with van der Waals surface area (Å²) in [5.74, 6) is -0.784. The maximum absolute atomic E-state index is 11.6. The van der Waals surface area contributed by atoms with Gasteiger partial charge < -0.3 is 15.7 Å². The molecule has 1 aliphatic carbocycles. The van der Waals surface area contributed by atoms with E-state index in [4.69, 9.17) is 5.11 Å². The van der Waals surface area contributed by atoms with Crippen LogP contribution in [-0.4, -0.2) is 41.2 Å². The molecule has 2 unspecified atom stereocenters. The molecule has 1 saturated carbocycles. The van der Waals surface area contributed by atoms with Crippen LogP contribution in [0.2, 0.25) is 0 Å². The van der Waals surface area contributed by atoms with Crippen LogP contribution in [0.4, 0.5) is 4.79 Å². The minimum Gasteiger partial charge on any atom is -0.481 e. The molecule has 5 nitrogen and oxygen atoms in total. The molecule has 0 heterocycles. The minimum atomic E-state index is -0.784.